The summed E-state index contributed by atoms with van der Waals surface area (Å²) in [5.41, 5.74) is 8.38. The zero-order valence-corrected chi connectivity index (χ0v) is 16.6. The van der Waals surface area contributed by atoms with E-state index in [4.69, 9.17) is 5.73 Å². The average molecular weight is 387 g/mol. The van der Waals surface area contributed by atoms with Crippen molar-refractivity contribution < 1.29 is 9.59 Å². The molecule has 0 aliphatic carbocycles. The molecule has 27 heavy (non-hydrogen) atoms. The number of rotatable bonds is 6. The second-order valence-electron chi connectivity index (χ2n) is 6.93. The Morgan fingerprint density at radius 2 is 1.89 bits per heavy atom. The van der Waals surface area contributed by atoms with Crippen LogP contribution in [0.1, 0.15) is 28.4 Å². The molecule has 1 saturated heterocycles. The zero-order valence-electron chi connectivity index (χ0n) is 15.8. The predicted molar refractivity (Wildman–Crippen MR) is 109 cm³/mol. The number of benzene rings is 1. The molecule has 2 aromatic rings. The highest BCUT2D eigenvalue weighted by Gasteiger charge is 2.26. The lowest BCUT2D eigenvalue weighted by Gasteiger charge is -2.37. The summed E-state index contributed by atoms with van der Waals surface area (Å²) in [6, 6.07) is 9.84. The standard InChI is InChI=1S/C20H26N4O2S/c1-14-5-3-4-6-16(14)13-23-8-10-24(11-9-23)15(2)19(26)22-20-17(18(21)25)7-12-27-20/h3-7,12,15H,8-11,13H2,1-2H3,(H2,21,25)(H,22,26)/t15-/m1/s1. The first-order valence-electron chi connectivity index (χ1n) is 9.15. The van der Waals surface area contributed by atoms with E-state index >= 15 is 0 Å². The van der Waals surface area contributed by atoms with E-state index in [2.05, 4.69) is 46.3 Å². The van der Waals surface area contributed by atoms with E-state index in [9.17, 15) is 9.59 Å². The Morgan fingerprint density at radius 3 is 2.56 bits per heavy atom. The van der Waals surface area contributed by atoms with Crippen LogP contribution in [0, 0.1) is 6.92 Å². The summed E-state index contributed by atoms with van der Waals surface area (Å²) in [5.74, 6) is -0.628. The number of anilines is 1. The summed E-state index contributed by atoms with van der Waals surface area (Å²) in [6.07, 6.45) is 0. The minimum Gasteiger partial charge on any atom is -0.366 e. The van der Waals surface area contributed by atoms with E-state index in [1.54, 1.807) is 11.4 Å². The molecular weight excluding hydrogens is 360 g/mol. The van der Waals surface area contributed by atoms with Gasteiger partial charge in [-0.1, -0.05) is 24.3 Å². The smallest absolute Gasteiger partial charge is 0.251 e. The van der Waals surface area contributed by atoms with Crippen LogP contribution in [-0.4, -0.2) is 53.8 Å². The van der Waals surface area contributed by atoms with Crippen molar-refractivity contribution in [2.24, 2.45) is 5.73 Å². The molecule has 1 aromatic carbocycles. The fourth-order valence-electron chi connectivity index (χ4n) is 3.32. The number of amides is 2. The van der Waals surface area contributed by atoms with E-state index in [1.807, 2.05) is 6.92 Å². The molecule has 0 radical (unpaired) electrons. The van der Waals surface area contributed by atoms with E-state index < -0.39 is 5.91 Å². The average Bonchev–Trinajstić information content (AvgIpc) is 3.12. The van der Waals surface area contributed by atoms with E-state index in [-0.39, 0.29) is 11.9 Å². The van der Waals surface area contributed by atoms with Crippen LogP contribution in [0.2, 0.25) is 0 Å². The normalized spacial score (nSPS) is 16.8. The van der Waals surface area contributed by atoms with Crippen molar-refractivity contribution in [3.8, 4) is 0 Å². The molecule has 0 unspecified atom stereocenters. The van der Waals surface area contributed by atoms with Gasteiger partial charge in [-0.05, 0) is 36.4 Å². The van der Waals surface area contributed by atoms with Crippen molar-refractivity contribution in [3.05, 3.63) is 52.4 Å². The number of nitrogens with zero attached hydrogens (tertiary/aromatic N) is 2. The molecule has 7 heteroatoms. The van der Waals surface area contributed by atoms with Crippen molar-refractivity contribution in [2.75, 3.05) is 31.5 Å². The van der Waals surface area contributed by atoms with Gasteiger partial charge in [0.25, 0.3) is 5.91 Å². The molecule has 2 amide bonds. The van der Waals surface area contributed by atoms with Crippen LogP contribution < -0.4 is 11.1 Å². The topological polar surface area (TPSA) is 78.7 Å². The molecule has 1 fully saturated rings. The number of hydrogen-bond donors (Lipinski definition) is 2. The van der Waals surface area contributed by atoms with Crippen molar-refractivity contribution in [1.82, 2.24) is 9.80 Å². The summed E-state index contributed by atoms with van der Waals surface area (Å²) < 4.78 is 0. The van der Waals surface area contributed by atoms with Crippen LogP contribution in [0.15, 0.2) is 35.7 Å². The third-order valence-electron chi connectivity index (χ3n) is 5.16. The van der Waals surface area contributed by atoms with Crippen LogP contribution in [-0.2, 0) is 11.3 Å². The van der Waals surface area contributed by atoms with Gasteiger partial charge in [-0.3, -0.25) is 19.4 Å². The van der Waals surface area contributed by atoms with Crippen LogP contribution >= 0.6 is 11.3 Å². The minimum atomic E-state index is -0.524. The maximum Gasteiger partial charge on any atom is 0.251 e. The largest absolute Gasteiger partial charge is 0.366 e. The Balaban J connectivity index is 1.52. The van der Waals surface area contributed by atoms with Gasteiger partial charge in [0.2, 0.25) is 5.91 Å². The number of hydrogen-bond acceptors (Lipinski definition) is 5. The fraction of sp³-hybridized carbons (Fsp3) is 0.400. The maximum absolute atomic E-state index is 12.6. The Hall–Kier alpha value is -2.22. The number of piperazine rings is 1. The summed E-state index contributed by atoms with van der Waals surface area (Å²) in [7, 11) is 0. The fourth-order valence-corrected chi connectivity index (χ4v) is 4.11. The van der Waals surface area contributed by atoms with Gasteiger partial charge in [0, 0.05) is 32.7 Å². The predicted octanol–water partition coefficient (Wildman–Crippen LogP) is 2.30. The van der Waals surface area contributed by atoms with Gasteiger partial charge in [0.05, 0.1) is 11.6 Å². The van der Waals surface area contributed by atoms with Crippen molar-refractivity contribution in [2.45, 2.75) is 26.4 Å². The number of carbonyl (C=O) groups is 2. The molecule has 1 aromatic heterocycles. The minimum absolute atomic E-state index is 0.104. The first-order chi connectivity index (χ1) is 13.0. The van der Waals surface area contributed by atoms with E-state index in [0.29, 0.717) is 10.6 Å². The zero-order chi connectivity index (χ0) is 19.4. The summed E-state index contributed by atoms with van der Waals surface area (Å²) in [4.78, 5) is 28.6. The Labute approximate surface area is 164 Å². The Bertz CT molecular complexity index is 812. The van der Waals surface area contributed by atoms with Crippen LogP contribution in [0.4, 0.5) is 5.00 Å². The molecule has 0 bridgehead atoms. The third kappa shape index (κ3) is 4.74. The first-order valence-corrected chi connectivity index (χ1v) is 10.0. The highest BCUT2D eigenvalue weighted by molar-refractivity contribution is 7.14. The van der Waals surface area contributed by atoms with Gasteiger partial charge >= 0.3 is 0 Å². The number of aryl methyl sites for hydroxylation is 1. The SMILES string of the molecule is Cc1ccccc1CN1CCN([C@H](C)C(=O)Nc2sccc2C(N)=O)CC1. The van der Waals surface area contributed by atoms with Crippen LogP contribution in [0.5, 0.6) is 0 Å². The number of nitrogens with two attached hydrogens (primary N) is 1. The molecule has 144 valence electrons. The van der Waals surface area contributed by atoms with Crippen molar-refractivity contribution in [3.63, 3.8) is 0 Å². The van der Waals surface area contributed by atoms with E-state index in [0.717, 1.165) is 32.7 Å². The lowest BCUT2D eigenvalue weighted by Crippen LogP contribution is -2.52. The molecular formula is C20H26N4O2S. The summed E-state index contributed by atoms with van der Waals surface area (Å²) >= 11 is 1.31. The molecule has 3 rings (SSSR count). The highest BCUT2D eigenvalue weighted by atomic mass is 32.1. The Morgan fingerprint density at radius 1 is 1.19 bits per heavy atom. The number of thiophene rings is 1. The lowest BCUT2D eigenvalue weighted by molar-refractivity contribution is -0.121. The number of primary amides is 1. The monoisotopic (exact) mass is 386 g/mol. The Kier molecular flexibility index (Phi) is 6.26. The summed E-state index contributed by atoms with van der Waals surface area (Å²) in [5, 5.41) is 5.13. The third-order valence-corrected chi connectivity index (χ3v) is 5.99. The quantitative estimate of drug-likeness (QED) is 0.798. The molecule has 6 nitrogen and oxygen atoms in total. The summed E-state index contributed by atoms with van der Waals surface area (Å²) in [6.45, 7) is 8.53. The molecule has 0 saturated carbocycles. The molecule has 1 aliphatic rings. The lowest BCUT2D eigenvalue weighted by atomic mass is 10.1. The van der Waals surface area contributed by atoms with Gasteiger partial charge in [-0.15, -0.1) is 11.3 Å². The molecule has 3 N–H and O–H groups in total. The number of carbonyl (C=O) groups excluding carboxylic acids is 2. The first kappa shape index (κ1) is 19.5. The van der Waals surface area contributed by atoms with Gasteiger partial charge in [-0.2, -0.15) is 0 Å². The second-order valence-corrected chi connectivity index (χ2v) is 7.85. The van der Waals surface area contributed by atoms with Gasteiger partial charge in [-0.25, -0.2) is 0 Å². The van der Waals surface area contributed by atoms with Gasteiger partial charge in [0.1, 0.15) is 5.00 Å². The van der Waals surface area contributed by atoms with Gasteiger partial charge in [0.15, 0.2) is 0 Å². The van der Waals surface area contributed by atoms with Crippen molar-refractivity contribution in [1.29, 1.82) is 0 Å². The van der Waals surface area contributed by atoms with Gasteiger partial charge < -0.3 is 11.1 Å². The number of nitrogens with one attached hydrogen (secondary N) is 1. The molecule has 2 heterocycles. The molecule has 1 atom stereocenters. The molecule has 0 spiro atoms. The van der Waals surface area contributed by atoms with E-state index in [1.165, 1.54) is 22.5 Å². The second kappa shape index (κ2) is 8.65. The van der Waals surface area contributed by atoms with Crippen LogP contribution in [0.25, 0.3) is 0 Å². The highest BCUT2D eigenvalue weighted by Crippen LogP contribution is 2.23. The molecule has 1 aliphatic heterocycles. The van der Waals surface area contributed by atoms with Crippen molar-refractivity contribution >= 4 is 28.2 Å². The maximum atomic E-state index is 12.6. The van der Waals surface area contributed by atoms with Crippen LogP contribution in [0.3, 0.4) is 0 Å².